The zero-order valence-corrected chi connectivity index (χ0v) is 11.3. The minimum Gasteiger partial charge on any atom is -0.370 e. The lowest BCUT2D eigenvalue weighted by Crippen LogP contribution is -2.14. The van der Waals surface area contributed by atoms with Gasteiger partial charge in [-0.25, -0.2) is 4.98 Å². The van der Waals surface area contributed by atoms with Gasteiger partial charge in [0.25, 0.3) is 0 Å². The molecule has 0 fully saturated rings. The van der Waals surface area contributed by atoms with Crippen LogP contribution in [-0.2, 0) is 13.0 Å². The van der Waals surface area contributed by atoms with Crippen molar-refractivity contribution in [3.8, 4) is 0 Å². The van der Waals surface area contributed by atoms with Crippen molar-refractivity contribution >= 4 is 5.82 Å². The first-order chi connectivity index (χ1) is 8.30. The summed E-state index contributed by atoms with van der Waals surface area (Å²) >= 11 is 0. The monoisotopic (exact) mass is 235 g/mol. The van der Waals surface area contributed by atoms with E-state index in [1.54, 1.807) is 0 Å². The Labute approximate surface area is 105 Å². The molecule has 0 atom stereocenters. The molecule has 0 aliphatic heterocycles. The summed E-state index contributed by atoms with van der Waals surface area (Å²) in [4.78, 5) is 4.58. The number of hydrogen-bond donors (Lipinski definition) is 2. The molecule has 17 heavy (non-hydrogen) atoms. The molecule has 1 aromatic heterocycles. The van der Waals surface area contributed by atoms with Gasteiger partial charge in [-0.3, -0.25) is 0 Å². The third-order valence-corrected chi connectivity index (χ3v) is 2.61. The Hall–Kier alpha value is -1.09. The number of aromatic nitrogens is 1. The molecule has 3 heteroatoms. The number of pyridine rings is 1. The predicted octanol–water partition coefficient (Wildman–Crippen LogP) is 2.97. The lowest BCUT2D eigenvalue weighted by atomic mass is 10.2. The number of anilines is 1. The molecule has 1 aromatic rings. The fourth-order valence-corrected chi connectivity index (χ4v) is 1.69. The molecule has 0 saturated carbocycles. The predicted molar refractivity (Wildman–Crippen MR) is 74.4 cm³/mol. The Morgan fingerprint density at radius 3 is 2.47 bits per heavy atom. The molecule has 0 saturated heterocycles. The first kappa shape index (κ1) is 14.0. The van der Waals surface area contributed by atoms with Gasteiger partial charge in [0.15, 0.2) is 0 Å². The molecule has 0 spiro atoms. The maximum Gasteiger partial charge on any atom is 0.126 e. The Morgan fingerprint density at radius 1 is 1.06 bits per heavy atom. The van der Waals surface area contributed by atoms with E-state index in [2.05, 4.69) is 48.5 Å². The standard InChI is InChI=1S/C14H25N3/c1-4-7-15-11-12-9-13(6-3)17-14(10-12)16-8-5-2/h9-10,15H,4-8,11H2,1-3H3,(H,16,17). The van der Waals surface area contributed by atoms with Gasteiger partial charge in [-0.1, -0.05) is 20.8 Å². The van der Waals surface area contributed by atoms with Crippen LogP contribution >= 0.6 is 0 Å². The highest BCUT2D eigenvalue weighted by Crippen LogP contribution is 2.11. The topological polar surface area (TPSA) is 37.0 Å². The minimum atomic E-state index is 0.935. The van der Waals surface area contributed by atoms with E-state index in [0.29, 0.717) is 0 Å². The average molecular weight is 235 g/mol. The maximum atomic E-state index is 4.58. The highest BCUT2D eigenvalue weighted by atomic mass is 15.0. The van der Waals surface area contributed by atoms with Crippen molar-refractivity contribution in [1.82, 2.24) is 10.3 Å². The summed E-state index contributed by atoms with van der Waals surface area (Å²) in [5.74, 6) is 1.01. The van der Waals surface area contributed by atoms with Crippen LogP contribution in [-0.4, -0.2) is 18.1 Å². The van der Waals surface area contributed by atoms with Crippen LogP contribution < -0.4 is 10.6 Å². The van der Waals surface area contributed by atoms with Crippen molar-refractivity contribution in [2.24, 2.45) is 0 Å². The number of hydrogen-bond acceptors (Lipinski definition) is 3. The van der Waals surface area contributed by atoms with Gasteiger partial charge in [-0.2, -0.15) is 0 Å². The molecular weight excluding hydrogens is 210 g/mol. The van der Waals surface area contributed by atoms with Crippen molar-refractivity contribution in [3.05, 3.63) is 23.4 Å². The van der Waals surface area contributed by atoms with E-state index in [1.807, 2.05) is 0 Å². The quantitative estimate of drug-likeness (QED) is 0.680. The number of nitrogens with zero attached hydrogens (tertiary/aromatic N) is 1. The second kappa shape index (κ2) is 8.07. The first-order valence-corrected chi connectivity index (χ1v) is 6.74. The molecule has 96 valence electrons. The molecule has 0 bridgehead atoms. The van der Waals surface area contributed by atoms with E-state index in [9.17, 15) is 0 Å². The largest absolute Gasteiger partial charge is 0.370 e. The van der Waals surface area contributed by atoms with Gasteiger partial charge in [0.1, 0.15) is 5.82 Å². The van der Waals surface area contributed by atoms with Crippen LogP contribution in [0.4, 0.5) is 5.82 Å². The highest BCUT2D eigenvalue weighted by Gasteiger charge is 2.01. The first-order valence-electron chi connectivity index (χ1n) is 6.74. The third kappa shape index (κ3) is 5.18. The lowest BCUT2D eigenvalue weighted by molar-refractivity contribution is 0.674. The second-order valence-electron chi connectivity index (χ2n) is 4.31. The van der Waals surface area contributed by atoms with Crippen LogP contribution in [0.3, 0.4) is 0 Å². The van der Waals surface area contributed by atoms with Crippen molar-refractivity contribution in [2.75, 3.05) is 18.4 Å². The van der Waals surface area contributed by atoms with Gasteiger partial charge in [-0.15, -0.1) is 0 Å². The fourth-order valence-electron chi connectivity index (χ4n) is 1.69. The van der Waals surface area contributed by atoms with E-state index in [1.165, 1.54) is 17.7 Å². The van der Waals surface area contributed by atoms with Crippen LogP contribution in [0.1, 0.15) is 44.9 Å². The Balaban J connectivity index is 2.67. The zero-order chi connectivity index (χ0) is 12.5. The van der Waals surface area contributed by atoms with Crippen LogP contribution in [0.2, 0.25) is 0 Å². The molecule has 3 nitrogen and oxygen atoms in total. The second-order valence-corrected chi connectivity index (χ2v) is 4.31. The lowest BCUT2D eigenvalue weighted by Gasteiger charge is -2.10. The van der Waals surface area contributed by atoms with Crippen molar-refractivity contribution in [2.45, 2.75) is 46.6 Å². The molecule has 0 amide bonds. The molecule has 0 unspecified atom stereocenters. The Morgan fingerprint density at radius 2 is 1.82 bits per heavy atom. The molecular formula is C14H25N3. The number of rotatable bonds is 8. The van der Waals surface area contributed by atoms with E-state index >= 15 is 0 Å². The van der Waals surface area contributed by atoms with Crippen molar-refractivity contribution < 1.29 is 0 Å². The Kier molecular flexibility index (Phi) is 6.63. The van der Waals surface area contributed by atoms with Crippen molar-refractivity contribution in [3.63, 3.8) is 0 Å². The van der Waals surface area contributed by atoms with Gasteiger partial charge < -0.3 is 10.6 Å². The van der Waals surface area contributed by atoms with E-state index in [4.69, 9.17) is 0 Å². The summed E-state index contributed by atoms with van der Waals surface area (Å²) in [6, 6.07) is 4.34. The van der Waals surface area contributed by atoms with Gasteiger partial charge >= 0.3 is 0 Å². The van der Waals surface area contributed by atoms with Crippen molar-refractivity contribution in [1.29, 1.82) is 0 Å². The molecule has 1 rings (SSSR count). The van der Waals surface area contributed by atoms with Gasteiger partial charge in [-0.05, 0) is 43.5 Å². The summed E-state index contributed by atoms with van der Waals surface area (Å²) < 4.78 is 0. The van der Waals surface area contributed by atoms with Gasteiger partial charge in [0.05, 0.1) is 0 Å². The van der Waals surface area contributed by atoms with Crippen LogP contribution in [0, 0.1) is 0 Å². The summed E-state index contributed by atoms with van der Waals surface area (Å²) in [6.45, 7) is 9.49. The minimum absolute atomic E-state index is 0.935. The summed E-state index contributed by atoms with van der Waals surface area (Å²) in [5.41, 5.74) is 2.49. The molecule has 0 aliphatic carbocycles. The SMILES string of the molecule is CCCNCc1cc(CC)nc(NCCC)c1. The van der Waals surface area contributed by atoms with E-state index in [-0.39, 0.29) is 0 Å². The average Bonchev–Trinajstić information content (AvgIpc) is 2.36. The highest BCUT2D eigenvalue weighted by molar-refractivity contribution is 5.39. The zero-order valence-electron chi connectivity index (χ0n) is 11.3. The smallest absolute Gasteiger partial charge is 0.126 e. The van der Waals surface area contributed by atoms with Gasteiger partial charge in [0, 0.05) is 18.8 Å². The molecule has 1 heterocycles. The summed E-state index contributed by atoms with van der Waals surface area (Å²) in [5, 5.41) is 6.79. The van der Waals surface area contributed by atoms with Crippen LogP contribution in [0.15, 0.2) is 12.1 Å². The molecule has 0 radical (unpaired) electrons. The van der Waals surface area contributed by atoms with Gasteiger partial charge in [0.2, 0.25) is 0 Å². The maximum absolute atomic E-state index is 4.58. The normalized spacial score (nSPS) is 10.5. The summed E-state index contributed by atoms with van der Waals surface area (Å²) in [7, 11) is 0. The molecule has 2 N–H and O–H groups in total. The van der Waals surface area contributed by atoms with E-state index < -0.39 is 0 Å². The Bertz CT molecular complexity index is 323. The van der Waals surface area contributed by atoms with Crippen LogP contribution in [0.25, 0.3) is 0 Å². The van der Waals surface area contributed by atoms with Crippen LogP contribution in [0.5, 0.6) is 0 Å². The molecule has 0 aliphatic rings. The number of aryl methyl sites for hydroxylation is 1. The fraction of sp³-hybridized carbons (Fsp3) is 0.643. The molecule has 0 aromatic carbocycles. The summed E-state index contributed by atoms with van der Waals surface area (Å²) in [6.07, 6.45) is 3.29. The number of nitrogens with one attached hydrogen (secondary N) is 2. The van der Waals surface area contributed by atoms with E-state index in [0.717, 1.165) is 38.3 Å². The third-order valence-electron chi connectivity index (χ3n) is 2.61.